The summed E-state index contributed by atoms with van der Waals surface area (Å²) in [5.41, 5.74) is -0.544. The van der Waals surface area contributed by atoms with E-state index in [1.807, 2.05) is 0 Å². The van der Waals surface area contributed by atoms with Crippen LogP contribution in [0.25, 0.3) is 0 Å². The molecule has 2 aliphatic rings. The second-order valence-electron chi connectivity index (χ2n) is 4.15. The van der Waals surface area contributed by atoms with E-state index in [2.05, 4.69) is 0 Å². The minimum Gasteiger partial charge on any atom is -0.481 e. The number of rotatable bonds is 2. The van der Waals surface area contributed by atoms with Gasteiger partial charge in [-0.15, -0.1) is 0 Å². The smallest absolute Gasteiger partial charge is 0.310 e. The molecule has 3 heteroatoms. The van der Waals surface area contributed by atoms with E-state index in [4.69, 9.17) is 10.2 Å². The Morgan fingerprint density at radius 1 is 1.33 bits per heavy atom. The Morgan fingerprint density at radius 3 is 2.17 bits per heavy atom. The lowest BCUT2D eigenvalue weighted by Gasteiger charge is -2.50. The van der Waals surface area contributed by atoms with Gasteiger partial charge in [0.05, 0.1) is 11.5 Å². The van der Waals surface area contributed by atoms with Crippen molar-refractivity contribution in [1.29, 1.82) is 0 Å². The minimum atomic E-state index is -0.697. The van der Waals surface area contributed by atoms with Crippen LogP contribution >= 0.6 is 0 Å². The Kier molecular flexibility index (Phi) is 1.65. The predicted octanol–water partition coefficient (Wildman–Crippen LogP) is 1.01. The van der Waals surface area contributed by atoms with Crippen molar-refractivity contribution in [3.63, 3.8) is 0 Å². The van der Waals surface area contributed by atoms with Gasteiger partial charge in [-0.1, -0.05) is 6.42 Å². The fourth-order valence-corrected chi connectivity index (χ4v) is 2.42. The van der Waals surface area contributed by atoms with Gasteiger partial charge in [-0.05, 0) is 31.6 Å². The normalized spacial score (nSPS) is 41.6. The van der Waals surface area contributed by atoms with Gasteiger partial charge < -0.3 is 10.2 Å². The van der Waals surface area contributed by atoms with Crippen LogP contribution in [-0.2, 0) is 4.79 Å². The van der Waals surface area contributed by atoms with E-state index < -0.39 is 11.4 Å². The lowest BCUT2D eigenvalue weighted by atomic mass is 9.54. The van der Waals surface area contributed by atoms with E-state index in [-0.39, 0.29) is 6.10 Å². The predicted molar refractivity (Wildman–Crippen MR) is 42.7 cm³/mol. The molecule has 2 aliphatic carbocycles. The summed E-state index contributed by atoms with van der Waals surface area (Å²) in [7, 11) is 0. The van der Waals surface area contributed by atoms with Crippen LogP contribution in [0.4, 0.5) is 0 Å². The van der Waals surface area contributed by atoms with Crippen LogP contribution in [0.5, 0.6) is 0 Å². The second-order valence-corrected chi connectivity index (χ2v) is 4.15. The second kappa shape index (κ2) is 2.46. The Bertz CT molecular complexity index is 202. The first-order valence-electron chi connectivity index (χ1n) is 4.56. The molecule has 0 radical (unpaired) electrons. The van der Waals surface area contributed by atoms with Crippen molar-refractivity contribution in [3.8, 4) is 0 Å². The third kappa shape index (κ3) is 0.891. The van der Waals surface area contributed by atoms with Gasteiger partial charge in [0.1, 0.15) is 0 Å². The molecule has 12 heavy (non-hydrogen) atoms. The monoisotopic (exact) mass is 170 g/mol. The van der Waals surface area contributed by atoms with E-state index in [1.165, 1.54) is 0 Å². The molecule has 0 amide bonds. The molecular weight excluding hydrogens is 156 g/mol. The summed E-state index contributed by atoms with van der Waals surface area (Å²) in [6.07, 6.45) is 3.84. The van der Waals surface area contributed by atoms with Crippen molar-refractivity contribution in [1.82, 2.24) is 0 Å². The van der Waals surface area contributed by atoms with Crippen LogP contribution in [0.3, 0.4) is 0 Å². The first-order chi connectivity index (χ1) is 5.65. The van der Waals surface area contributed by atoms with Crippen molar-refractivity contribution in [2.45, 2.75) is 38.2 Å². The third-order valence-corrected chi connectivity index (χ3v) is 3.51. The maximum absolute atomic E-state index is 11.0. The molecule has 0 unspecified atom stereocenters. The van der Waals surface area contributed by atoms with E-state index in [1.54, 1.807) is 0 Å². The number of aliphatic hydroxyl groups is 1. The van der Waals surface area contributed by atoms with Gasteiger partial charge >= 0.3 is 5.97 Å². The summed E-state index contributed by atoms with van der Waals surface area (Å²) in [6.45, 7) is 0. The molecule has 2 N–H and O–H groups in total. The van der Waals surface area contributed by atoms with E-state index in [0.717, 1.165) is 19.3 Å². The quantitative estimate of drug-likeness (QED) is 0.650. The summed E-state index contributed by atoms with van der Waals surface area (Å²) >= 11 is 0. The van der Waals surface area contributed by atoms with E-state index in [9.17, 15) is 4.79 Å². The van der Waals surface area contributed by atoms with Gasteiger partial charge in [-0.25, -0.2) is 0 Å². The summed E-state index contributed by atoms with van der Waals surface area (Å²) in [6, 6.07) is 0. The molecule has 0 aromatic carbocycles. The van der Waals surface area contributed by atoms with Crippen LogP contribution < -0.4 is 0 Å². The zero-order chi connectivity index (χ0) is 8.77. The molecule has 0 aromatic rings. The van der Waals surface area contributed by atoms with Crippen LogP contribution in [-0.4, -0.2) is 22.3 Å². The largest absolute Gasteiger partial charge is 0.481 e. The van der Waals surface area contributed by atoms with Gasteiger partial charge in [0.2, 0.25) is 0 Å². The van der Waals surface area contributed by atoms with Crippen molar-refractivity contribution < 1.29 is 15.0 Å². The highest BCUT2D eigenvalue weighted by Crippen LogP contribution is 2.54. The van der Waals surface area contributed by atoms with E-state index >= 15 is 0 Å². The molecule has 0 spiro atoms. The fraction of sp³-hybridized carbons (Fsp3) is 0.889. The first-order valence-corrected chi connectivity index (χ1v) is 4.56. The molecule has 3 nitrogen and oxygen atoms in total. The molecule has 0 saturated heterocycles. The number of carbonyl (C=O) groups is 1. The Hall–Kier alpha value is -0.570. The zero-order valence-electron chi connectivity index (χ0n) is 6.99. The number of hydrogen-bond acceptors (Lipinski definition) is 2. The van der Waals surface area contributed by atoms with Crippen LogP contribution in [0.15, 0.2) is 0 Å². The molecule has 0 heterocycles. The molecular formula is C9H14O3. The van der Waals surface area contributed by atoms with Crippen molar-refractivity contribution >= 4 is 5.97 Å². The van der Waals surface area contributed by atoms with Crippen molar-refractivity contribution in [3.05, 3.63) is 0 Å². The fourth-order valence-electron chi connectivity index (χ4n) is 2.42. The number of aliphatic hydroxyl groups excluding tert-OH is 1. The van der Waals surface area contributed by atoms with Crippen LogP contribution in [0.1, 0.15) is 32.1 Å². The minimum absolute atomic E-state index is 0.346. The van der Waals surface area contributed by atoms with Gasteiger partial charge in [-0.2, -0.15) is 0 Å². The molecule has 2 saturated carbocycles. The summed E-state index contributed by atoms with van der Waals surface area (Å²) in [5.74, 6) is -0.351. The molecule has 0 aliphatic heterocycles. The highest BCUT2D eigenvalue weighted by atomic mass is 16.4. The maximum Gasteiger partial charge on any atom is 0.310 e. The van der Waals surface area contributed by atoms with E-state index in [0.29, 0.717) is 18.8 Å². The van der Waals surface area contributed by atoms with Gasteiger partial charge in [0.25, 0.3) is 0 Å². The molecule has 0 bridgehead atoms. The molecule has 2 fully saturated rings. The van der Waals surface area contributed by atoms with Gasteiger partial charge in [-0.3, -0.25) is 4.79 Å². The summed E-state index contributed by atoms with van der Waals surface area (Å²) in [4.78, 5) is 11.0. The van der Waals surface area contributed by atoms with Crippen LogP contribution in [0, 0.1) is 11.3 Å². The molecule has 68 valence electrons. The SMILES string of the molecule is O=C(O)C1(C2CCC2)CC(O)C1. The Balaban J connectivity index is 2.07. The summed E-state index contributed by atoms with van der Waals surface area (Å²) in [5, 5.41) is 18.2. The van der Waals surface area contributed by atoms with Crippen molar-refractivity contribution in [2.75, 3.05) is 0 Å². The Labute approximate surface area is 71.4 Å². The molecule has 2 rings (SSSR count). The molecule has 0 atom stereocenters. The standard InChI is InChI=1S/C9H14O3/c10-7-4-9(5-7,8(11)12)6-2-1-3-6/h6-7,10H,1-5H2,(H,11,12). The maximum atomic E-state index is 11.0. The lowest BCUT2D eigenvalue weighted by Crippen LogP contribution is -2.53. The molecule has 0 aromatic heterocycles. The summed E-state index contributed by atoms with van der Waals surface area (Å²) < 4.78 is 0. The average molecular weight is 170 g/mol. The Morgan fingerprint density at radius 2 is 1.92 bits per heavy atom. The third-order valence-electron chi connectivity index (χ3n) is 3.51. The number of hydrogen-bond donors (Lipinski definition) is 2. The lowest BCUT2D eigenvalue weighted by molar-refractivity contribution is -0.175. The van der Waals surface area contributed by atoms with Crippen LogP contribution in [0.2, 0.25) is 0 Å². The number of aliphatic carboxylic acids is 1. The number of carboxylic acid groups (broad SMARTS) is 1. The first kappa shape index (κ1) is 8.05. The van der Waals surface area contributed by atoms with Crippen molar-refractivity contribution in [2.24, 2.45) is 11.3 Å². The topological polar surface area (TPSA) is 57.5 Å². The highest BCUT2D eigenvalue weighted by Gasteiger charge is 2.56. The van der Waals surface area contributed by atoms with Gasteiger partial charge in [0, 0.05) is 0 Å². The zero-order valence-corrected chi connectivity index (χ0v) is 6.99. The number of carboxylic acids is 1. The van der Waals surface area contributed by atoms with Gasteiger partial charge in [0.15, 0.2) is 0 Å². The highest BCUT2D eigenvalue weighted by molar-refractivity contribution is 5.76. The average Bonchev–Trinajstić information content (AvgIpc) is 1.78.